The Hall–Kier alpha value is -3.11. The van der Waals surface area contributed by atoms with Crippen molar-refractivity contribution < 1.29 is 4.74 Å². The van der Waals surface area contributed by atoms with Gasteiger partial charge in [-0.05, 0) is 66.3 Å². The summed E-state index contributed by atoms with van der Waals surface area (Å²) < 4.78 is 7.88. The maximum atomic E-state index is 13.3. The van der Waals surface area contributed by atoms with Crippen molar-refractivity contribution in [3.05, 3.63) is 93.7 Å². The first-order chi connectivity index (χ1) is 15.8. The van der Waals surface area contributed by atoms with E-state index in [9.17, 15) is 4.79 Å². The number of rotatable bonds is 7. The maximum absolute atomic E-state index is 13.3. The highest BCUT2D eigenvalue weighted by Crippen LogP contribution is 2.31. The summed E-state index contributed by atoms with van der Waals surface area (Å²) in [6.45, 7) is 7.73. The highest BCUT2D eigenvalue weighted by molar-refractivity contribution is 6.30. The van der Waals surface area contributed by atoms with Gasteiger partial charge in [-0.2, -0.15) is 0 Å². The molecule has 0 aliphatic heterocycles. The second-order valence-electron chi connectivity index (χ2n) is 9.22. The van der Waals surface area contributed by atoms with Crippen LogP contribution in [0.1, 0.15) is 39.2 Å². The van der Waals surface area contributed by atoms with Crippen molar-refractivity contribution in [1.29, 1.82) is 0 Å². The van der Waals surface area contributed by atoms with Crippen molar-refractivity contribution in [2.24, 2.45) is 0 Å². The van der Waals surface area contributed by atoms with E-state index in [1.807, 2.05) is 66.7 Å². The zero-order valence-corrected chi connectivity index (χ0v) is 20.1. The third kappa shape index (κ3) is 5.28. The lowest BCUT2D eigenvalue weighted by Gasteiger charge is -2.22. The van der Waals surface area contributed by atoms with E-state index >= 15 is 0 Å². The summed E-state index contributed by atoms with van der Waals surface area (Å²) in [5.41, 5.74) is 2.77. The average molecular weight is 461 g/mol. The fourth-order valence-electron chi connectivity index (χ4n) is 3.96. The molecule has 0 fully saturated rings. The van der Waals surface area contributed by atoms with Gasteiger partial charge in [0.25, 0.3) is 5.56 Å². The number of unbranched alkanes of at least 4 members (excludes halogenated alkanes) is 1. The number of hydrogen-bond acceptors (Lipinski definition) is 3. The van der Waals surface area contributed by atoms with Crippen LogP contribution in [0.15, 0.2) is 77.6 Å². The first-order valence-corrected chi connectivity index (χ1v) is 11.7. The van der Waals surface area contributed by atoms with Gasteiger partial charge >= 0.3 is 0 Å². The van der Waals surface area contributed by atoms with Gasteiger partial charge in [0, 0.05) is 17.1 Å². The molecule has 0 bridgehead atoms. The largest absolute Gasteiger partial charge is 0.493 e. The molecule has 33 heavy (non-hydrogen) atoms. The van der Waals surface area contributed by atoms with Crippen molar-refractivity contribution in [2.75, 3.05) is 6.61 Å². The number of hydrogen-bond donors (Lipinski definition) is 0. The molecule has 0 amide bonds. The number of ether oxygens (including phenoxy) is 1. The highest BCUT2D eigenvalue weighted by Gasteiger charge is 2.18. The van der Waals surface area contributed by atoms with Gasteiger partial charge in [0.1, 0.15) is 11.6 Å². The Morgan fingerprint density at radius 2 is 1.61 bits per heavy atom. The predicted octanol–water partition coefficient (Wildman–Crippen LogP) is 6.87. The molecule has 1 heterocycles. The van der Waals surface area contributed by atoms with E-state index in [0.29, 0.717) is 34.9 Å². The van der Waals surface area contributed by atoms with Crippen molar-refractivity contribution in [3.63, 3.8) is 0 Å². The van der Waals surface area contributed by atoms with Crippen LogP contribution < -0.4 is 10.3 Å². The summed E-state index contributed by atoms with van der Waals surface area (Å²) in [5.74, 6) is 1.59. The van der Waals surface area contributed by atoms with E-state index < -0.39 is 0 Å². The fraction of sp³-hybridized carbons (Fsp3) is 0.286. The van der Waals surface area contributed by atoms with Crippen LogP contribution >= 0.6 is 11.6 Å². The van der Waals surface area contributed by atoms with E-state index in [0.717, 1.165) is 24.2 Å². The van der Waals surface area contributed by atoms with Gasteiger partial charge in [-0.15, -0.1) is 0 Å². The van der Waals surface area contributed by atoms with Crippen molar-refractivity contribution in [3.8, 4) is 17.1 Å². The molecule has 0 spiro atoms. The summed E-state index contributed by atoms with van der Waals surface area (Å²) in [4.78, 5) is 18.1. The third-order valence-electron chi connectivity index (χ3n) is 5.69. The van der Waals surface area contributed by atoms with Crippen molar-refractivity contribution in [2.45, 2.75) is 45.6 Å². The van der Waals surface area contributed by atoms with E-state index in [2.05, 4.69) is 26.8 Å². The highest BCUT2D eigenvalue weighted by atomic mass is 35.5. The third-order valence-corrected chi connectivity index (χ3v) is 5.94. The van der Waals surface area contributed by atoms with Crippen LogP contribution in [-0.4, -0.2) is 16.2 Å². The molecule has 4 rings (SSSR count). The number of benzene rings is 3. The SMILES string of the molecule is CC(C)(C)c1ccccc1OCCCCn1c(-c2ccc(Cl)cc2)nc2ccccc2c1=O. The molecule has 5 heteroatoms. The van der Waals surface area contributed by atoms with Crippen LogP contribution in [-0.2, 0) is 12.0 Å². The monoisotopic (exact) mass is 460 g/mol. The minimum Gasteiger partial charge on any atom is -0.493 e. The van der Waals surface area contributed by atoms with Gasteiger partial charge in [-0.25, -0.2) is 4.98 Å². The lowest BCUT2D eigenvalue weighted by molar-refractivity contribution is 0.295. The molecule has 4 nitrogen and oxygen atoms in total. The summed E-state index contributed by atoms with van der Waals surface area (Å²) in [5, 5.41) is 1.28. The molecule has 4 aromatic rings. The second kappa shape index (κ2) is 9.80. The van der Waals surface area contributed by atoms with E-state index in [-0.39, 0.29) is 11.0 Å². The van der Waals surface area contributed by atoms with Crippen LogP contribution in [0.3, 0.4) is 0 Å². The van der Waals surface area contributed by atoms with Crippen LogP contribution in [0.4, 0.5) is 0 Å². The predicted molar refractivity (Wildman–Crippen MR) is 136 cm³/mol. The number of fused-ring (bicyclic) bond motifs is 1. The molecular formula is C28H29ClN2O2. The molecule has 1 aromatic heterocycles. The molecule has 0 saturated heterocycles. The van der Waals surface area contributed by atoms with Crippen molar-refractivity contribution in [1.82, 2.24) is 9.55 Å². The standard InChI is InChI=1S/C28H29ClN2O2/c1-28(2,3)23-11-5-7-13-25(23)33-19-9-8-18-31-26(20-14-16-21(29)17-15-20)30-24-12-6-4-10-22(24)27(31)32/h4-7,10-17H,8-9,18-19H2,1-3H3. The summed E-state index contributed by atoms with van der Waals surface area (Å²) in [6.07, 6.45) is 1.63. The Morgan fingerprint density at radius 1 is 0.909 bits per heavy atom. The Kier molecular flexibility index (Phi) is 6.85. The molecule has 3 aromatic carbocycles. The Balaban J connectivity index is 1.52. The zero-order valence-electron chi connectivity index (χ0n) is 19.3. The molecule has 0 unspecified atom stereocenters. The van der Waals surface area contributed by atoms with E-state index in [1.165, 1.54) is 5.56 Å². The molecular weight excluding hydrogens is 432 g/mol. The minimum atomic E-state index is -0.0236. The number of nitrogens with zero attached hydrogens (tertiary/aromatic N) is 2. The smallest absolute Gasteiger partial charge is 0.261 e. The normalized spacial score (nSPS) is 11.6. The van der Waals surface area contributed by atoms with Crippen molar-refractivity contribution >= 4 is 22.5 Å². The molecule has 0 aliphatic carbocycles. The van der Waals surface area contributed by atoms with Crippen LogP contribution in [0, 0.1) is 0 Å². The van der Waals surface area contributed by atoms with Crippen LogP contribution in [0.25, 0.3) is 22.3 Å². The molecule has 0 saturated carbocycles. The minimum absolute atomic E-state index is 0.0220. The van der Waals surface area contributed by atoms with Gasteiger partial charge in [0.2, 0.25) is 0 Å². The topological polar surface area (TPSA) is 44.1 Å². The quantitative estimate of drug-likeness (QED) is 0.282. The Labute approximate surface area is 199 Å². The van der Waals surface area contributed by atoms with Gasteiger partial charge in [-0.1, -0.05) is 62.7 Å². The lowest BCUT2D eigenvalue weighted by atomic mass is 9.86. The van der Waals surface area contributed by atoms with Gasteiger partial charge in [-0.3, -0.25) is 9.36 Å². The summed E-state index contributed by atoms with van der Waals surface area (Å²) >= 11 is 6.07. The van der Waals surface area contributed by atoms with Crippen LogP contribution in [0.5, 0.6) is 5.75 Å². The molecule has 0 aliphatic rings. The Bertz CT molecular complexity index is 1300. The summed E-state index contributed by atoms with van der Waals surface area (Å²) in [6, 6.07) is 23.1. The number of para-hydroxylation sites is 2. The molecule has 170 valence electrons. The second-order valence-corrected chi connectivity index (χ2v) is 9.65. The lowest BCUT2D eigenvalue weighted by Crippen LogP contribution is -2.24. The Morgan fingerprint density at radius 3 is 2.36 bits per heavy atom. The van der Waals surface area contributed by atoms with Crippen LogP contribution in [0.2, 0.25) is 5.02 Å². The van der Waals surface area contributed by atoms with E-state index in [1.54, 1.807) is 4.57 Å². The number of halogens is 1. The first-order valence-electron chi connectivity index (χ1n) is 11.3. The van der Waals surface area contributed by atoms with Gasteiger partial charge < -0.3 is 4.74 Å². The summed E-state index contributed by atoms with van der Waals surface area (Å²) in [7, 11) is 0. The van der Waals surface area contributed by atoms with Gasteiger partial charge in [0.15, 0.2) is 0 Å². The van der Waals surface area contributed by atoms with E-state index in [4.69, 9.17) is 21.3 Å². The fourth-order valence-corrected chi connectivity index (χ4v) is 4.09. The number of aromatic nitrogens is 2. The first kappa shape index (κ1) is 23.1. The average Bonchev–Trinajstić information content (AvgIpc) is 2.80. The zero-order chi connectivity index (χ0) is 23.4. The van der Waals surface area contributed by atoms with Gasteiger partial charge in [0.05, 0.1) is 17.5 Å². The molecule has 0 atom stereocenters. The maximum Gasteiger partial charge on any atom is 0.261 e. The molecule has 0 radical (unpaired) electrons. The molecule has 0 N–H and O–H groups in total.